The van der Waals surface area contributed by atoms with Crippen molar-refractivity contribution in [1.29, 1.82) is 0 Å². The van der Waals surface area contributed by atoms with Crippen LogP contribution >= 0.6 is 0 Å². The molecule has 0 bridgehead atoms. The third-order valence-electron chi connectivity index (χ3n) is 4.66. The first kappa shape index (κ1) is 20.9. The minimum absolute atomic E-state index is 0.0248. The smallest absolute Gasteiger partial charge is 0.323 e. The van der Waals surface area contributed by atoms with Crippen LogP contribution in [-0.2, 0) is 0 Å². The number of fused-ring (bicyclic) bond motifs is 1. The van der Waals surface area contributed by atoms with Gasteiger partial charge in [0, 0.05) is 29.4 Å². The van der Waals surface area contributed by atoms with Gasteiger partial charge in [-0.15, -0.1) is 0 Å². The minimum atomic E-state index is -0.636. The van der Waals surface area contributed by atoms with E-state index in [0.717, 1.165) is 0 Å². The molecule has 0 saturated carbocycles. The molecule has 1 heterocycles. The number of carbonyl (C=O) groups excluding carboxylic acids is 1. The van der Waals surface area contributed by atoms with Crippen LogP contribution in [0.5, 0.6) is 23.0 Å². The monoisotopic (exact) mass is 433 g/mol. The van der Waals surface area contributed by atoms with Gasteiger partial charge < -0.3 is 24.8 Å². The second kappa shape index (κ2) is 9.22. The van der Waals surface area contributed by atoms with Crippen molar-refractivity contribution in [2.75, 3.05) is 24.9 Å². The molecular formula is C24H20FN3O4. The first-order valence-electron chi connectivity index (χ1n) is 9.68. The number of nitrogens with zero attached hydrogens (tertiary/aromatic N) is 1. The predicted octanol–water partition coefficient (Wildman–Crippen LogP) is 5.83. The molecule has 0 aliphatic carbocycles. The second-order valence-electron chi connectivity index (χ2n) is 6.72. The fourth-order valence-corrected chi connectivity index (χ4v) is 3.13. The summed E-state index contributed by atoms with van der Waals surface area (Å²) in [7, 11) is 3.08. The number of carbonyl (C=O) groups is 1. The highest BCUT2D eigenvalue weighted by atomic mass is 19.1. The molecule has 0 saturated heterocycles. The molecule has 0 aliphatic rings. The first-order valence-corrected chi connectivity index (χ1v) is 9.68. The number of anilines is 2. The van der Waals surface area contributed by atoms with Gasteiger partial charge in [-0.3, -0.25) is 4.98 Å². The van der Waals surface area contributed by atoms with Crippen LogP contribution in [-0.4, -0.2) is 25.2 Å². The number of hydrogen-bond donors (Lipinski definition) is 2. The van der Waals surface area contributed by atoms with E-state index in [9.17, 15) is 9.18 Å². The molecule has 2 N–H and O–H groups in total. The van der Waals surface area contributed by atoms with Crippen molar-refractivity contribution >= 4 is 28.3 Å². The van der Waals surface area contributed by atoms with Gasteiger partial charge in [-0.2, -0.15) is 0 Å². The molecule has 0 atom stereocenters. The highest BCUT2D eigenvalue weighted by Gasteiger charge is 2.13. The highest BCUT2D eigenvalue weighted by molar-refractivity contribution is 5.99. The van der Waals surface area contributed by atoms with Crippen LogP contribution in [0.15, 0.2) is 72.9 Å². The number of benzene rings is 3. The topological polar surface area (TPSA) is 81.7 Å². The van der Waals surface area contributed by atoms with Gasteiger partial charge in [0.25, 0.3) is 0 Å². The van der Waals surface area contributed by atoms with Gasteiger partial charge >= 0.3 is 6.03 Å². The van der Waals surface area contributed by atoms with Gasteiger partial charge in [0.05, 0.1) is 25.4 Å². The van der Waals surface area contributed by atoms with Crippen LogP contribution in [0, 0.1) is 5.82 Å². The molecule has 1 aromatic heterocycles. The van der Waals surface area contributed by atoms with Crippen LogP contribution in [0.25, 0.3) is 10.9 Å². The Bertz CT molecular complexity index is 1270. The highest BCUT2D eigenvalue weighted by Crippen LogP contribution is 2.37. The molecule has 7 nitrogen and oxygen atoms in total. The average molecular weight is 433 g/mol. The summed E-state index contributed by atoms with van der Waals surface area (Å²) in [4.78, 5) is 16.4. The SMILES string of the molecule is COc1cc2nccc(Oc3ccc(NC(=O)Nc4ccccc4)c(F)c3)c2cc1OC. The average Bonchev–Trinajstić information content (AvgIpc) is 2.80. The summed E-state index contributed by atoms with van der Waals surface area (Å²) in [5.41, 5.74) is 1.26. The summed E-state index contributed by atoms with van der Waals surface area (Å²) in [6.07, 6.45) is 1.59. The Morgan fingerprint density at radius 1 is 0.875 bits per heavy atom. The Morgan fingerprint density at radius 3 is 2.34 bits per heavy atom. The zero-order chi connectivity index (χ0) is 22.5. The molecular weight excluding hydrogens is 413 g/mol. The van der Waals surface area contributed by atoms with Gasteiger partial charge in [0.1, 0.15) is 17.3 Å². The lowest BCUT2D eigenvalue weighted by Crippen LogP contribution is -2.20. The number of ether oxygens (including phenoxy) is 3. The number of hydrogen-bond acceptors (Lipinski definition) is 5. The molecule has 2 amide bonds. The fourth-order valence-electron chi connectivity index (χ4n) is 3.13. The van der Waals surface area contributed by atoms with E-state index < -0.39 is 11.8 Å². The number of nitrogens with one attached hydrogen (secondary N) is 2. The number of pyridine rings is 1. The third-order valence-corrected chi connectivity index (χ3v) is 4.66. The van der Waals surface area contributed by atoms with Crippen molar-refractivity contribution in [3.8, 4) is 23.0 Å². The van der Waals surface area contributed by atoms with Crippen molar-refractivity contribution in [1.82, 2.24) is 4.98 Å². The number of aromatic nitrogens is 1. The summed E-state index contributed by atoms with van der Waals surface area (Å²) < 4.78 is 31.2. The summed E-state index contributed by atoms with van der Waals surface area (Å²) in [5.74, 6) is 1.16. The number of amides is 2. The first-order chi connectivity index (χ1) is 15.6. The molecule has 4 rings (SSSR count). The maximum atomic E-state index is 14.6. The summed E-state index contributed by atoms with van der Waals surface area (Å²) in [6.45, 7) is 0. The molecule has 8 heteroatoms. The van der Waals surface area contributed by atoms with Crippen LogP contribution < -0.4 is 24.8 Å². The Labute approximate surface area is 183 Å². The minimum Gasteiger partial charge on any atom is -0.493 e. The van der Waals surface area contributed by atoms with E-state index in [4.69, 9.17) is 14.2 Å². The van der Waals surface area contributed by atoms with Crippen LogP contribution in [0.3, 0.4) is 0 Å². The third kappa shape index (κ3) is 4.54. The number of halogens is 1. The predicted molar refractivity (Wildman–Crippen MR) is 120 cm³/mol. The summed E-state index contributed by atoms with van der Waals surface area (Å²) in [5, 5.41) is 5.80. The lowest BCUT2D eigenvalue weighted by atomic mass is 10.2. The zero-order valence-corrected chi connectivity index (χ0v) is 17.4. The van der Waals surface area contributed by atoms with Crippen molar-refractivity contribution in [2.24, 2.45) is 0 Å². The number of methoxy groups -OCH3 is 2. The lowest BCUT2D eigenvalue weighted by Gasteiger charge is -2.13. The van der Waals surface area contributed by atoms with Gasteiger partial charge in [0.2, 0.25) is 0 Å². The van der Waals surface area contributed by atoms with Gasteiger partial charge in [-0.25, -0.2) is 9.18 Å². The molecule has 0 aliphatic heterocycles. The second-order valence-corrected chi connectivity index (χ2v) is 6.72. The van der Waals surface area contributed by atoms with E-state index in [1.165, 1.54) is 19.2 Å². The maximum Gasteiger partial charge on any atom is 0.323 e. The van der Waals surface area contributed by atoms with Gasteiger partial charge in [0.15, 0.2) is 11.5 Å². The number of para-hydroxylation sites is 1. The number of urea groups is 1. The molecule has 162 valence electrons. The standard InChI is InChI=1S/C24H20FN3O4/c1-30-22-13-17-20(14-23(22)31-2)26-11-10-21(17)32-16-8-9-19(18(25)12-16)28-24(29)27-15-6-4-3-5-7-15/h3-14H,1-2H3,(H2,27,28,29). The van der Waals surface area contributed by atoms with Gasteiger partial charge in [-0.1, -0.05) is 18.2 Å². The van der Waals surface area contributed by atoms with E-state index in [-0.39, 0.29) is 11.4 Å². The molecule has 32 heavy (non-hydrogen) atoms. The van der Waals surface area contributed by atoms with E-state index in [1.54, 1.807) is 61.8 Å². The van der Waals surface area contributed by atoms with Crippen LogP contribution in [0.4, 0.5) is 20.6 Å². The molecule has 3 aromatic carbocycles. The Balaban J connectivity index is 1.53. The fraction of sp³-hybridized carbons (Fsp3) is 0.0833. The van der Waals surface area contributed by atoms with Crippen LogP contribution in [0.1, 0.15) is 0 Å². The van der Waals surface area contributed by atoms with E-state index >= 15 is 0 Å². The Morgan fingerprint density at radius 2 is 1.62 bits per heavy atom. The van der Waals surface area contributed by atoms with E-state index in [1.807, 2.05) is 6.07 Å². The Hall–Kier alpha value is -4.33. The van der Waals surface area contributed by atoms with Crippen LogP contribution in [0.2, 0.25) is 0 Å². The maximum absolute atomic E-state index is 14.6. The summed E-state index contributed by atoms with van der Waals surface area (Å²) >= 11 is 0. The van der Waals surface area contributed by atoms with Gasteiger partial charge in [-0.05, 0) is 36.4 Å². The molecule has 0 fully saturated rings. The normalized spacial score (nSPS) is 10.5. The lowest BCUT2D eigenvalue weighted by molar-refractivity contribution is 0.262. The number of rotatable bonds is 6. The molecule has 0 radical (unpaired) electrons. The van der Waals surface area contributed by atoms with Crippen molar-refractivity contribution in [2.45, 2.75) is 0 Å². The summed E-state index contributed by atoms with van der Waals surface area (Å²) in [6, 6.07) is 17.7. The van der Waals surface area contributed by atoms with E-state index in [2.05, 4.69) is 15.6 Å². The molecule has 4 aromatic rings. The van der Waals surface area contributed by atoms with Crippen molar-refractivity contribution in [3.05, 3.63) is 78.7 Å². The largest absolute Gasteiger partial charge is 0.493 e. The molecule has 0 unspecified atom stereocenters. The van der Waals surface area contributed by atoms with Crippen molar-refractivity contribution in [3.63, 3.8) is 0 Å². The zero-order valence-electron chi connectivity index (χ0n) is 17.4. The van der Waals surface area contributed by atoms with Crippen molar-refractivity contribution < 1.29 is 23.4 Å². The molecule has 0 spiro atoms. The Kier molecular flexibility index (Phi) is 6.03. The van der Waals surface area contributed by atoms with E-state index in [0.29, 0.717) is 33.8 Å². The quantitative estimate of drug-likeness (QED) is 0.400.